The summed E-state index contributed by atoms with van der Waals surface area (Å²) in [4.78, 5) is 30.3. The van der Waals surface area contributed by atoms with Crippen LogP contribution in [0.1, 0.15) is 18.4 Å². The molecule has 2 heterocycles. The topological polar surface area (TPSA) is 94.6 Å². The first-order chi connectivity index (χ1) is 17.4. The van der Waals surface area contributed by atoms with Gasteiger partial charge >= 0.3 is 5.97 Å². The van der Waals surface area contributed by atoms with Crippen LogP contribution in [0, 0.1) is 0 Å². The highest BCUT2D eigenvalue weighted by Crippen LogP contribution is 2.29. The third-order valence-corrected chi connectivity index (χ3v) is 8.51. The number of anilines is 1. The average Bonchev–Trinajstić information content (AvgIpc) is 3.34. The molecule has 0 atom stereocenters. The molecule has 4 rings (SSSR count). The Morgan fingerprint density at radius 3 is 2.69 bits per heavy atom. The lowest BCUT2D eigenvalue weighted by Gasteiger charge is -2.32. The maximum absolute atomic E-state index is 12.5. The Kier molecular flexibility index (Phi) is 9.50. The summed E-state index contributed by atoms with van der Waals surface area (Å²) in [5.74, 6) is -0.587. The predicted octanol–water partition coefficient (Wildman–Crippen LogP) is 5.49. The number of likely N-dealkylation sites (tertiary alicyclic amines) is 1. The number of nitrogens with zero attached hydrogens (tertiary/aromatic N) is 2. The van der Waals surface area contributed by atoms with E-state index in [1.165, 1.54) is 23.1 Å². The number of hydrogen-bond acceptors (Lipinski definition) is 7. The van der Waals surface area contributed by atoms with Crippen molar-refractivity contribution in [3.63, 3.8) is 0 Å². The average molecular weight is 566 g/mol. The smallest absolute Gasteiger partial charge is 0.322 e. The van der Waals surface area contributed by atoms with Crippen LogP contribution in [0.25, 0.3) is 11.3 Å². The number of hydrogen-bond donors (Lipinski definition) is 3. The van der Waals surface area contributed by atoms with Crippen molar-refractivity contribution in [2.45, 2.75) is 29.8 Å². The number of nitrogens with one attached hydrogen (secondary N) is 2. The van der Waals surface area contributed by atoms with Crippen molar-refractivity contribution in [2.24, 2.45) is 0 Å². The fourth-order valence-electron chi connectivity index (χ4n) is 3.95. The van der Waals surface area contributed by atoms with Gasteiger partial charge in [0.2, 0.25) is 5.91 Å². The SMILES string of the molecule is O=C(O)CNc1cccc(-c2csc(SCC(=O)NC3CCN(Cc4ccc(Cl)c(Cl)c4)CC3)n2)c1. The fraction of sp³-hybridized carbons (Fsp3) is 0.320. The second-order valence-corrected chi connectivity index (χ2v) is 11.4. The molecule has 1 aliphatic heterocycles. The van der Waals surface area contributed by atoms with Gasteiger partial charge in [-0.05, 0) is 42.7 Å². The molecule has 1 amide bonds. The van der Waals surface area contributed by atoms with Crippen molar-refractivity contribution < 1.29 is 14.7 Å². The third-order valence-electron chi connectivity index (χ3n) is 5.75. The van der Waals surface area contributed by atoms with Gasteiger partial charge in [-0.3, -0.25) is 14.5 Å². The molecular formula is C25H26Cl2N4O3S2. The van der Waals surface area contributed by atoms with Gasteiger partial charge in [-0.2, -0.15) is 0 Å². The van der Waals surface area contributed by atoms with E-state index in [4.69, 9.17) is 28.3 Å². The molecule has 2 aromatic carbocycles. The number of carboxylic acids is 1. The van der Waals surface area contributed by atoms with Crippen molar-refractivity contribution in [1.29, 1.82) is 0 Å². The third kappa shape index (κ3) is 7.85. The highest BCUT2D eigenvalue weighted by molar-refractivity contribution is 8.01. The summed E-state index contributed by atoms with van der Waals surface area (Å²) in [6.07, 6.45) is 1.82. The van der Waals surface area contributed by atoms with Crippen LogP contribution in [0.15, 0.2) is 52.2 Å². The standard InChI is InChI=1S/C25H26Cl2N4O3S2/c26-20-5-4-16(10-21(20)27)13-31-8-6-18(7-9-31)29-23(32)15-36-25-30-22(14-35-25)17-2-1-3-19(11-17)28-12-24(33)34/h1-5,10-11,14,18,28H,6-9,12-13,15H2,(H,29,32)(H,33,34). The molecule has 3 aromatic rings. The van der Waals surface area contributed by atoms with Crippen LogP contribution in [-0.2, 0) is 16.1 Å². The second kappa shape index (κ2) is 12.8. The highest BCUT2D eigenvalue weighted by atomic mass is 35.5. The Balaban J connectivity index is 1.20. The van der Waals surface area contributed by atoms with Crippen LogP contribution in [0.5, 0.6) is 0 Å². The zero-order valence-corrected chi connectivity index (χ0v) is 22.5. The van der Waals surface area contributed by atoms with Crippen LogP contribution in [-0.4, -0.2) is 58.3 Å². The summed E-state index contributed by atoms with van der Waals surface area (Å²) < 4.78 is 0.820. The van der Waals surface area contributed by atoms with Crippen molar-refractivity contribution in [2.75, 3.05) is 30.7 Å². The summed E-state index contributed by atoms with van der Waals surface area (Å²) in [5, 5.41) is 17.9. The zero-order valence-electron chi connectivity index (χ0n) is 19.4. The molecule has 36 heavy (non-hydrogen) atoms. The van der Waals surface area contributed by atoms with Crippen LogP contribution >= 0.6 is 46.3 Å². The number of thiazole rings is 1. The highest BCUT2D eigenvalue weighted by Gasteiger charge is 2.21. The van der Waals surface area contributed by atoms with E-state index in [9.17, 15) is 9.59 Å². The van der Waals surface area contributed by atoms with E-state index in [2.05, 4.69) is 20.5 Å². The summed E-state index contributed by atoms with van der Waals surface area (Å²) >= 11 is 15.0. The minimum Gasteiger partial charge on any atom is -0.480 e. The van der Waals surface area contributed by atoms with Crippen molar-refractivity contribution in [3.8, 4) is 11.3 Å². The van der Waals surface area contributed by atoms with Gasteiger partial charge in [0, 0.05) is 42.3 Å². The van der Waals surface area contributed by atoms with Gasteiger partial charge < -0.3 is 15.7 Å². The van der Waals surface area contributed by atoms with Crippen LogP contribution in [0.3, 0.4) is 0 Å². The monoisotopic (exact) mass is 564 g/mol. The normalized spacial score (nSPS) is 14.5. The lowest BCUT2D eigenvalue weighted by molar-refractivity contribution is -0.135. The lowest BCUT2D eigenvalue weighted by atomic mass is 10.0. The van der Waals surface area contributed by atoms with E-state index in [0.29, 0.717) is 15.8 Å². The number of carbonyl (C=O) groups excluding carboxylic acids is 1. The van der Waals surface area contributed by atoms with Gasteiger partial charge in [-0.25, -0.2) is 4.98 Å². The molecule has 0 radical (unpaired) electrons. The number of amides is 1. The Hall–Kier alpha value is -2.30. The van der Waals surface area contributed by atoms with Crippen molar-refractivity contribution in [3.05, 3.63) is 63.5 Å². The van der Waals surface area contributed by atoms with E-state index in [1.54, 1.807) is 0 Å². The minimum atomic E-state index is -0.917. The van der Waals surface area contributed by atoms with Gasteiger partial charge in [0.25, 0.3) is 0 Å². The largest absolute Gasteiger partial charge is 0.480 e. The molecule has 0 saturated carbocycles. The second-order valence-electron chi connectivity index (χ2n) is 8.48. The zero-order chi connectivity index (χ0) is 25.5. The quantitative estimate of drug-likeness (QED) is 0.280. The van der Waals surface area contributed by atoms with Crippen LogP contribution in [0.4, 0.5) is 5.69 Å². The van der Waals surface area contributed by atoms with E-state index in [0.717, 1.165) is 59.3 Å². The maximum Gasteiger partial charge on any atom is 0.322 e. The Bertz CT molecular complexity index is 1220. The van der Waals surface area contributed by atoms with Gasteiger partial charge in [-0.15, -0.1) is 11.3 Å². The molecule has 190 valence electrons. The summed E-state index contributed by atoms with van der Waals surface area (Å²) in [7, 11) is 0. The first kappa shape index (κ1) is 26.8. The molecule has 3 N–H and O–H groups in total. The molecule has 11 heteroatoms. The van der Waals surface area contributed by atoms with Gasteiger partial charge in [0.15, 0.2) is 4.34 Å². The minimum absolute atomic E-state index is 0.0135. The number of thioether (sulfide) groups is 1. The number of rotatable bonds is 10. The first-order valence-electron chi connectivity index (χ1n) is 11.5. The van der Waals surface area contributed by atoms with Crippen molar-refractivity contribution in [1.82, 2.24) is 15.2 Å². The van der Waals surface area contributed by atoms with E-state index in [-0.39, 0.29) is 18.5 Å². The van der Waals surface area contributed by atoms with Gasteiger partial charge in [0.05, 0.1) is 21.5 Å². The Morgan fingerprint density at radius 1 is 1.14 bits per heavy atom. The van der Waals surface area contributed by atoms with E-state index < -0.39 is 5.97 Å². The van der Waals surface area contributed by atoms with E-state index >= 15 is 0 Å². The summed E-state index contributed by atoms with van der Waals surface area (Å²) in [6.45, 7) is 2.49. The molecule has 1 aromatic heterocycles. The van der Waals surface area contributed by atoms with Gasteiger partial charge in [-0.1, -0.05) is 53.2 Å². The number of halogens is 2. The lowest BCUT2D eigenvalue weighted by Crippen LogP contribution is -2.44. The number of aliphatic carboxylic acids is 1. The van der Waals surface area contributed by atoms with Crippen molar-refractivity contribution >= 4 is 63.9 Å². The molecule has 1 saturated heterocycles. The molecule has 7 nitrogen and oxygen atoms in total. The number of benzene rings is 2. The van der Waals surface area contributed by atoms with Crippen LogP contribution < -0.4 is 10.6 Å². The molecule has 0 spiro atoms. The molecule has 1 aliphatic rings. The number of carbonyl (C=O) groups is 2. The van der Waals surface area contributed by atoms with Gasteiger partial charge in [0.1, 0.15) is 6.54 Å². The molecule has 0 aliphatic carbocycles. The molecule has 0 bridgehead atoms. The molecule has 0 unspecified atom stereocenters. The fourth-order valence-corrected chi connectivity index (χ4v) is 5.92. The van der Waals surface area contributed by atoms with Crippen LogP contribution in [0.2, 0.25) is 10.0 Å². The molecule has 1 fully saturated rings. The Labute approximate surface area is 228 Å². The molecular weight excluding hydrogens is 539 g/mol. The first-order valence-corrected chi connectivity index (χ1v) is 14.1. The summed E-state index contributed by atoms with van der Waals surface area (Å²) in [6, 6.07) is 13.4. The number of piperidine rings is 1. The Morgan fingerprint density at radius 2 is 1.94 bits per heavy atom. The summed E-state index contributed by atoms with van der Waals surface area (Å²) in [5.41, 5.74) is 3.55. The number of aromatic nitrogens is 1. The predicted molar refractivity (Wildman–Crippen MR) is 147 cm³/mol. The maximum atomic E-state index is 12.5. The van der Waals surface area contributed by atoms with E-state index in [1.807, 2.05) is 47.8 Å². The number of carboxylic acid groups (broad SMARTS) is 1.